The molecule has 4 rings (SSSR count). The number of benzene rings is 2. The van der Waals surface area contributed by atoms with Crippen molar-refractivity contribution in [1.82, 2.24) is 14.5 Å². The van der Waals surface area contributed by atoms with Crippen LogP contribution >= 0.6 is 0 Å². The van der Waals surface area contributed by atoms with Gasteiger partial charge in [-0.25, -0.2) is 13.2 Å². The van der Waals surface area contributed by atoms with Crippen molar-refractivity contribution in [2.75, 3.05) is 45.2 Å². The van der Waals surface area contributed by atoms with Crippen molar-refractivity contribution in [2.24, 2.45) is 0 Å². The molecule has 2 N–H and O–H groups in total. The lowest BCUT2D eigenvalue weighted by atomic mass is 10.2. The van der Waals surface area contributed by atoms with Gasteiger partial charge in [-0.15, -0.1) is 0 Å². The largest absolute Gasteiger partial charge is 0.493 e. The van der Waals surface area contributed by atoms with Crippen molar-refractivity contribution >= 4 is 27.6 Å². The van der Waals surface area contributed by atoms with Gasteiger partial charge in [0.25, 0.3) is 0 Å². The van der Waals surface area contributed by atoms with E-state index < -0.39 is 22.0 Å². The number of hydrogen-bond acceptors (Lipinski definition) is 7. The van der Waals surface area contributed by atoms with Crippen LogP contribution in [0.4, 0.5) is 10.5 Å². The minimum absolute atomic E-state index is 0.107. The number of carbonyl (C=O) groups is 2. The van der Waals surface area contributed by atoms with Gasteiger partial charge in [0.1, 0.15) is 0 Å². The van der Waals surface area contributed by atoms with Gasteiger partial charge >= 0.3 is 6.03 Å². The van der Waals surface area contributed by atoms with E-state index in [0.717, 1.165) is 24.2 Å². The topological polar surface area (TPSA) is 117 Å². The van der Waals surface area contributed by atoms with Crippen LogP contribution in [0.5, 0.6) is 17.2 Å². The first-order valence-electron chi connectivity index (χ1n) is 11.2. The van der Waals surface area contributed by atoms with Crippen LogP contribution in [0.15, 0.2) is 47.4 Å². The number of anilines is 1. The Hall–Kier alpha value is -3.31. The van der Waals surface area contributed by atoms with Gasteiger partial charge in [-0.1, -0.05) is 18.6 Å². The van der Waals surface area contributed by atoms with Crippen molar-refractivity contribution in [1.29, 1.82) is 0 Å². The van der Waals surface area contributed by atoms with Crippen LogP contribution in [0.2, 0.25) is 0 Å². The van der Waals surface area contributed by atoms with Crippen molar-refractivity contribution < 1.29 is 27.5 Å². The maximum atomic E-state index is 13.2. The molecule has 0 radical (unpaired) electrons. The molecule has 2 aliphatic heterocycles. The minimum Gasteiger partial charge on any atom is -0.493 e. The quantitative estimate of drug-likeness (QED) is 0.587. The summed E-state index contributed by atoms with van der Waals surface area (Å²) in [6, 6.07) is 11.1. The maximum Gasteiger partial charge on any atom is 0.324 e. The number of imide groups is 1. The van der Waals surface area contributed by atoms with Gasteiger partial charge in [-0.2, -0.15) is 4.31 Å². The average Bonchev–Trinajstić information content (AvgIpc) is 3.30. The van der Waals surface area contributed by atoms with E-state index in [9.17, 15) is 18.0 Å². The number of nitrogens with zero attached hydrogens (tertiary/aromatic N) is 2. The third kappa shape index (κ3) is 5.10. The van der Waals surface area contributed by atoms with Gasteiger partial charge in [0.2, 0.25) is 15.9 Å². The Morgan fingerprint density at radius 2 is 1.76 bits per heavy atom. The first-order chi connectivity index (χ1) is 16.4. The molecule has 182 valence electrons. The Labute approximate surface area is 198 Å². The molecule has 2 fully saturated rings. The molecule has 0 aliphatic carbocycles. The van der Waals surface area contributed by atoms with E-state index in [-0.39, 0.29) is 18.0 Å². The Kier molecular flexibility index (Phi) is 7.23. The molecular formula is C23H28N4O6S. The van der Waals surface area contributed by atoms with Crippen LogP contribution in [0.1, 0.15) is 19.3 Å². The number of nitrogens with one attached hydrogen (secondary N) is 2. The summed E-state index contributed by atoms with van der Waals surface area (Å²) in [5.74, 6) is 0.830. The molecule has 11 heteroatoms. The number of hydrogen-bond donors (Lipinski definition) is 2. The molecule has 2 heterocycles. The fraction of sp³-hybridized carbons (Fsp3) is 0.391. The summed E-state index contributed by atoms with van der Waals surface area (Å²) in [5.41, 5.74) is 0.317. The molecule has 10 nitrogen and oxygen atoms in total. The summed E-state index contributed by atoms with van der Waals surface area (Å²) >= 11 is 0. The highest BCUT2D eigenvalue weighted by Gasteiger charge is 2.28. The minimum atomic E-state index is -3.70. The third-order valence-electron chi connectivity index (χ3n) is 5.78. The summed E-state index contributed by atoms with van der Waals surface area (Å²) < 4.78 is 39.3. The van der Waals surface area contributed by atoms with Crippen molar-refractivity contribution in [2.45, 2.75) is 24.2 Å². The summed E-state index contributed by atoms with van der Waals surface area (Å²) in [6.07, 6.45) is 2.66. The van der Waals surface area contributed by atoms with E-state index in [0.29, 0.717) is 42.6 Å². The Morgan fingerprint density at radius 3 is 2.44 bits per heavy atom. The second-order valence-electron chi connectivity index (χ2n) is 8.01. The molecule has 0 saturated carbocycles. The zero-order valence-electron chi connectivity index (χ0n) is 19.0. The Morgan fingerprint density at radius 1 is 1.03 bits per heavy atom. The van der Waals surface area contributed by atoms with E-state index >= 15 is 0 Å². The normalized spacial score (nSPS) is 16.7. The number of piperidine rings is 1. The monoisotopic (exact) mass is 488 g/mol. The van der Waals surface area contributed by atoms with Gasteiger partial charge in [0.05, 0.1) is 24.2 Å². The molecule has 0 unspecified atom stereocenters. The SMILES string of the molecule is COc1ccccc1Oc1ccc(S(=O)(=O)N2CCCCC2)cc1NCC(=O)N1CCNC1=O. The molecule has 0 atom stereocenters. The van der Waals surface area contributed by atoms with E-state index in [1.54, 1.807) is 30.3 Å². The fourth-order valence-electron chi connectivity index (χ4n) is 3.95. The number of para-hydroxylation sites is 2. The predicted molar refractivity (Wildman–Crippen MR) is 126 cm³/mol. The van der Waals surface area contributed by atoms with Crippen LogP contribution in [0, 0.1) is 0 Å². The second-order valence-corrected chi connectivity index (χ2v) is 9.94. The standard InChI is InChI=1S/C23H28N4O6S/c1-32-20-7-3-4-8-21(20)33-19-10-9-17(34(30,31)26-12-5-2-6-13-26)15-18(19)25-16-22(28)27-14-11-24-23(27)29/h3-4,7-10,15,25H,2,5-6,11-14,16H2,1H3,(H,24,29). The van der Waals surface area contributed by atoms with Crippen molar-refractivity contribution in [3.05, 3.63) is 42.5 Å². The van der Waals surface area contributed by atoms with Crippen LogP contribution in [0.3, 0.4) is 0 Å². The molecule has 2 aliphatic rings. The molecule has 2 aromatic carbocycles. The van der Waals surface area contributed by atoms with Gasteiger partial charge in [-0.05, 0) is 43.2 Å². The lowest BCUT2D eigenvalue weighted by Crippen LogP contribution is -2.38. The summed E-state index contributed by atoms with van der Waals surface area (Å²) in [4.78, 5) is 25.6. The van der Waals surface area contributed by atoms with E-state index in [1.807, 2.05) is 0 Å². The molecule has 0 spiro atoms. The van der Waals surface area contributed by atoms with E-state index in [1.165, 1.54) is 23.5 Å². The Balaban J connectivity index is 1.63. The molecule has 2 aromatic rings. The fourth-order valence-corrected chi connectivity index (χ4v) is 5.49. The first-order valence-corrected chi connectivity index (χ1v) is 12.6. The van der Waals surface area contributed by atoms with E-state index in [4.69, 9.17) is 9.47 Å². The second kappa shape index (κ2) is 10.3. The van der Waals surface area contributed by atoms with Gasteiger partial charge < -0.3 is 20.1 Å². The van der Waals surface area contributed by atoms with Crippen molar-refractivity contribution in [3.63, 3.8) is 0 Å². The van der Waals surface area contributed by atoms with Crippen LogP contribution in [-0.4, -0.2) is 69.4 Å². The van der Waals surface area contributed by atoms with Gasteiger partial charge in [0, 0.05) is 26.2 Å². The predicted octanol–water partition coefficient (Wildman–Crippen LogP) is 2.63. The lowest BCUT2D eigenvalue weighted by molar-refractivity contribution is -0.125. The molecular weight excluding hydrogens is 460 g/mol. The number of rotatable bonds is 8. The highest BCUT2D eigenvalue weighted by Crippen LogP contribution is 2.37. The number of methoxy groups -OCH3 is 1. The summed E-state index contributed by atoms with van der Waals surface area (Å²) in [6.45, 7) is 1.44. The highest BCUT2D eigenvalue weighted by atomic mass is 32.2. The maximum absolute atomic E-state index is 13.2. The average molecular weight is 489 g/mol. The number of sulfonamides is 1. The smallest absolute Gasteiger partial charge is 0.324 e. The van der Waals surface area contributed by atoms with Crippen LogP contribution in [-0.2, 0) is 14.8 Å². The summed E-state index contributed by atoms with van der Waals surface area (Å²) in [7, 11) is -2.17. The number of urea groups is 1. The molecule has 0 aromatic heterocycles. The van der Waals surface area contributed by atoms with E-state index in [2.05, 4.69) is 10.6 Å². The zero-order chi connectivity index (χ0) is 24.1. The van der Waals surface area contributed by atoms with Gasteiger partial charge in [-0.3, -0.25) is 9.69 Å². The lowest BCUT2D eigenvalue weighted by Gasteiger charge is -2.26. The first kappa shape index (κ1) is 23.8. The van der Waals surface area contributed by atoms with Crippen LogP contribution in [0.25, 0.3) is 0 Å². The summed E-state index contributed by atoms with van der Waals surface area (Å²) in [5, 5.41) is 5.55. The molecule has 3 amide bonds. The molecule has 34 heavy (non-hydrogen) atoms. The highest BCUT2D eigenvalue weighted by molar-refractivity contribution is 7.89. The number of ether oxygens (including phenoxy) is 2. The van der Waals surface area contributed by atoms with Gasteiger partial charge in [0.15, 0.2) is 17.2 Å². The van der Waals surface area contributed by atoms with Crippen molar-refractivity contribution in [3.8, 4) is 17.2 Å². The molecule has 0 bridgehead atoms. The van der Waals surface area contributed by atoms with Crippen LogP contribution < -0.4 is 20.1 Å². The molecule has 2 saturated heterocycles. The number of carbonyl (C=O) groups excluding carboxylic acids is 2. The third-order valence-corrected chi connectivity index (χ3v) is 7.68. The zero-order valence-corrected chi connectivity index (χ0v) is 19.8. The number of amides is 3. The Bertz CT molecular complexity index is 1160.